The number of nitro groups is 1. The van der Waals surface area contributed by atoms with Crippen LogP contribution in [0.5, 0.6) is 0 Å². The molecule has 2 rings (SSSR count). The van der Waals surface area contributed by atoms with Gasteiger partial charge < -0.3 is 5.32 Å². The van der Waals surface area contributed by atoms with Gasteiger partial charge in [-0.2, -0.15) is 0 Å². The van der Waals surface area contributed by atoms with E-state index in [1.165, 1.54) is 7.05 Å². The Bertz CT molecular complexity index is 780. The minimum absolute atomic E-state index is 0.147. The van der Waals surface area contributed by atoms with E-state index in [2.05, 4.69) is 10.3 Å². The van der Waals surface area contributed by atoms with E-state index in [0.29, 0.717) is 17.5 Å². The quantitative estimate of drug-likeness (QED) is 0.470. The summed E-state index contributed by atoms with van der Waals surface area (Å²) in [5, 5.41) is 13.8. The number of hydrogen-bond acceptors (Lipinski definition) is 5. The summed E-state index contributed by atoms with van der Waals surface area (Å²) in [6.45, 7) is 0.402. The van der Waals surface area contributed by atoms with Gasteiger partial charge in [-0.15, -0.1) is 0 Å². The molecule has 0 fully saturated rings. The summed E-state index contributed by atoms with van der Waals surface area (Å²) < 4.78 is 0.674. The van der Waals surface area contributed by atoms with Crippen LogP contribution in [0.15, 0.2) is 39.9 Å². The summed E-state index contributed by atoms with van der Waals surface area (Å²) in [7, 11) is 1.19. The van der Waals surface area contributed by atoms with Crippen LogP contribution in [0.3, 0.4) is 0 Å². The number of H-pyrrole nitrogens is 1. The van der Waals surface area contributed by atoms with Gasteiger partial charge in [0.05, 0.1) is 4.92 Å². The van der Waals surface area contributed by atoms with Crippen LogP contribution in [-0.2, 0) is 13.5 Å². The van der Waals surface area contributed by atoms with Gasteiger partial charge in [0, 0.05) is 13.6 Å². The normalized spacial score (nSPS) is 10.4. The van der Waals surface area contributed by atoms with E-state index in [1.54, 1.807) is 0 Å². The lowest BCUT2D eigenvalue weighted by molar-refractivity contribution is -0.385. The molecule has 0 aliphatic carbocycles. The number of aryl methyl sites for hydroxylation is 1. The van der Waals surface area contributed by atoms with E-state index >= 15 is 0 Å². The third-order valence-corrected chi connectivity index (χ3v) is 3.25. The number of nitrogens with zero attached hydrogens (tertiary/aromatic N) is 2. The predicted octanol–water partition coefficient (Wildman–Crippen LogP) is 1.03. The molecule has 8 nitrogen and oxygen atoms in total. The molecule has 1 heterocycles. The number of benzene rings is 1. The Kier molecular flexibility index (Phi) is 4.72. The second-order valence-corrected chi connectivity index (χ2v) is 4.79. The van der Waals surface area contributed by atoms with Gasteiger partial charge in [-0.1, -0.05) is 30.3 Å². The van der Waals surface area contributed by atoms with Crippen LogP contribution in [0.2, 0.25) is 0 Å². The average molecular weight is 304 g/mol. The Hall–Kier alpha value is -2.90. The molecule has 8 heteroatoms. The summed E-state index contributed by atoms with van der Waals surface area (Å²) in [6, 6.07) is 9.78. The van der Waals surface area contributed by atoms with Crippen LogP contribution in [0.25, 0.3) is 0 Å². The smallest absolute Gasteiger partial charge is 0.366 e. The molecule has 2 N–H and O–H groups in total. The SMILES string of the molecule is Cn1c(=O)[nH]c(NCCCc2ccccc2)c([N+](=O)[O-])c1=O. The second-order valence-electron chi connectivity index (χ2n) is 4.79. The van der Waals surface area contributed by atoms with Gasteiger partial charge in [-0.3, -0.25) is 24.5 Å². The largest absolute Gasteiger partial charge is 0.374 e. The van der Waals surface area contributed by atoms with Crippen molar-refractivity contribution < 1.29 is 4.92 Å². The number of hydrogen-bond donors (Lipinski definition) is 2. The molecule has 116 valence electrons. The van der Waals surface area contributed by atoms with Gasteiger partial charge in [-0.05, 0) is 18.4 Å². The molecule has 0 saturated heterocycles. The maximum atomic E-state index is 11.8. The first-order valence-electron chi connectivity index (χ1n) is 6.76. The van der Waals surface area contributed by atoms with Crippen molar-refractivity contribution in [3.05, 3.63) is 66.8 Å². The molecular formula is C14H16N4O4. The van der Waals surface area contributed by atoms with Gasteiger partial charge in [0.1, 0.15) is 0 Å². The Labute approximate surface area is 125 Å². The van der Waals surface area contributed by atoms with Gasteiger partial charge in [-0.25, -0.2) is 4.79 Å². The standard InChI is InChI=1S/C14H16N4O4/c1-17-13(19)11(18(21)22)12(16-14(17)20)15-9-5-8-10-6-3-2-4-7-10/h2-4,6-7,15H,5,8-9H2,1H3,(H,16,20). The molecule has 0 radical (unpaired) electrons. The summed E-state index contributed by atoms with van der Waals surface area (Å²) in [6.07, 6.45) is 1.50. The van der Waals surface area contributed by atoms with Gasteiger partial charge in [0.15, 0.2) is 5.82 Å². The number of aromatic nitrogens is 2. The summed E-state index contributed by atoms with van der Waals surface area (Å²) in [4.78, 5) is 35.8. The average Bonchev–Trinajstić information content (AvgIpc) is 2.50. The fraction of sp³-hybridized carbons (Fsp3) is 0.286. The Morgan fingerprint density at radius 2 is 1.95 bits per heavy atom. The molecule has 0 unspecified atom stereocenters. The van der Waals surface area contributed by atoms with E-state index in [-0.39, 0.29) is 5.82 Å². The lowest BCUT2D eigenvalue weighted by Gasteiger charge is -2.07. The zero-order chi connectivity index (χ0) is 16.1. The molecule has 0 amide bonds. The van der Waals surface area contributed by atoms with Crippen molar-refractivity contribution in [1.29, 1.82) is 0 Å². The Morgan fingerprint density at radius 3 is 2.59 bits per heavy atom. The Morgan fingerprint density at radius 1 is 1.27 bits per heavy atom. The van der Waals surface area contributed by atoms with E-state index in [0.717, 1.165) is 12.0 Å². The third kappa shape index (κ3) is 3.40. The highest BCUT2D eigenvalue weighted by Gasteiger charge is 2.22. The third-order valence-electron chi connectivity index (χ3n) is 3.25. The molecule has 0 bridgehead atoms. The fourth-order valence-corrected chi connectivity index (χ4v) is 2.06. The van der Waals surface area contributed by atoms with E-state index in [9.17, 15) is 19.7 Å². The molecule has 0 aliphatic rings. The first kappa shape index (κ1) is 15.5. The van der Waals surface area contributed by atoms with Crippen LogP contribution in [-0.4, -0.2) is 21.0 Å². The maximum absolute atomic E-state index is 11.8. The van der Waals surface area contributed by atoms with Crippen molar-refractivity contribution in [3.63, 3.8) is 0 Å². The molecule has 2 aromatic rings. The second kappa shape index (κ2) is 6.70. The molecule has 1 aromatic heterocycles. The van der Waals surface area contributed by atoms with E-state index < -0.39 is 21.9 Å². The predicted molar refractivity (Wildman–Crippen MR) is 82.2 cm³/mol. The Balaban J connectivity index is 2.08. The zero-order valence-corrected chi connectivity index (χ0v) is 12.0. The van der Waals surface area contributed by atoms with Crippen molar-refractivity contribution in [2.75, 3.05) is 11.9 Å². The van der Waals surface area contributed by atoms with Crippen molar-refractivity contribution in [1.82, 2.24) is 9.55 Å². The summed E-state index contributed by atoms with van der Waals surface area (Å²) in [5.74, 6) is -0.147. The minimum atomic E-state index is -0.931. The minimum Gasteiger partial charge on any atom is -0.366 e. The van der Waals surface area contributed by atoms with Gasteiger partial charge >= 0.3 is 16.9 Å². The summed E-state index contributed by atoms with van der Waals surface area (Å²) >= 11 is 0. The first-order chi connectivity index (χ1) is 10.5. The van der Waals surface area contributed by atoms with E-state index in [4.69, 9.17) is 0 Å². The molecule has 1 aromatic carbocycles. The number of aromatic amines is 1. The monoisotopic (exact) mass is 304 g/mol. The van der Waals surface area contributed by atoms with Crippen LogP contribution in [0.1, 0.15) is 12.0 Å². The lowest BCUT2D eigenvalue weighted by atomic mass is 10.1. The molecule has 0 saturated carbocycles. The van der Waals surface area contributed by atoms with Crippen LogP contribution >= 0.6 is 0 Å². The van der Waals surface area contributed by atoms with E-state index in [1.807, 2.05) is 30.3 Å². The molecule has 0 spiro atoms. The fourth-order valence-electron chi connectivity index (χ4n) is 2.06. The molecular weight excluding hydrogens is 288 g/mol. The number of nitrogens with one attached hydrogen (secondary N) is 2. The molecule has 0 atom stereocenters. The maximum Gasteiger partial charge on any atom is 0.374 e. The highest BCUT2D eigenvalue weighted by atomic mass is 16.6. The number of rotatable bonds is 6. The van der Waals surface area contributed by atoms with Gasteiger partial charge in [0.25, 0.3) is 0 Å². The first-order valence-corrected chi connectivity index (χ1v) is 6.76. The zero-order valence-electron chi connectivity index (χ0n) is 12.0. The lowest BCUT2D eigenvalue weighted by Crippen LogP contribution is -2.35. The topological polar surface area (TPSA) is 110 Å². The van der Waals surface area contributed by atoms with Crippen LogP contribution in [0, 0.1) is 10.1 Å². The van der Waals surface area contributed by atoms with Gasteiger partial charge in [0.2, 0.25) is 0 Å². The van der Waals surface area contributed by atoms with Crippen molar-refractivity contribution >= 4 is 11.5 Å². The molecule has 22 heavy (non-hydrogen) atoms. The summed E-state index contributed by atoms with van der Waals surface area (Å²) in [5.41, 5.74) is -1.13. The van der Waals surface area contributed by atoms with Crippen molar-refractivity contribution in [2.24, 2.45) is 7.05 Å². The van der Waals surface area contributed by atoms with Crippen molar-refractivity contribution in [2.45, 2.75) is 12.8 Å². The highest BCUT2D eigenvalue weighted by molar-refractivity contribution is 5.53. The molecule has 0 aliphatic heterocycles. The van der Waals surface area contributed by atoms with Crippen LogP contribution < -0.4 is 16.6 Å². The number of anilines is 1. The van der Waals surface area contributed by atoms with Crippen molar-refractivity contribution in [3.8, 4) is 0 Å². The van der Waals surface area contributed by atoms with Crippen LogP contribution in [0.4, 0.5) is 11.5 Å². The highest BCUT2D eigenvalue weighted by Crippen LogP contribution is 2.14.